The van der Waals surface area contributed by atoms with E-state index in [0.717, 1.165) is 12.8 Å². The first-order valence-corrected chi connectivity index (χ1v) is 10.9. The Morgan fingerprint density at radius 2 is 2.14 bits per heavy atom. The van der Waals surface area contributed by atoms with E-state index in [4.69, 9.17) is 4.74 Å². The van der Waals surface area contributed by atoms with Crippen LogP contribution in [0.5, 0.6) is 0 Å². The van der Waals surface area contributed by atoms with Crippen molar-refractivity contribution in [2.75, 3.05) is 13.7 Å². The van der Waals surface area contributed by atoms with Crippen LogP contribution in [0.2, 0.25) is 0 Å². The van der Waals surface area contributed by atoms with Gasteiger partial charge in [-0.05, 0) is 54.9 Å². The van der Waals surface area contributed by atoms with Crippen LogP contribution in [0.3, 0.4) is 0 Å². The quantitative estimate of drug-likeness (QED) is 0.510. The van der Waals surface area contributed by atoms with E-state index in [-0.39, 0.29) is 28.4 Å². The largest absolute Gasteiger partial charge is 0.507 e. The number of carbonyl (C=O) groups is 2. The van der Waals surface area contributed by atoms with Gasteiger partial charge in [-0.25, -0.2) is 4.79 Å². The van der Waals surface area contributed by atoms with E-state index in [1.54, 1.807) is 0 Å². The maximum absolute atomic E-state index is 12.1. The van der Waals surface area contributed by atoms with Gasteiger partial charge in [0.25, 0.3) is 0 Å². The molecule has 0 bridgehead atoms. The molecule has 5 aliphatic carbocycles. The Kier molecular flexibility index (Phi) is 4.04. The number of rotatable bonds is 2. The standard InChI is InChI=1S/C24H29NO4/c1-23-6-4-15(26)9-14(23)8-13(11-25)20-18(23)5-7-24(2)19(12-29-22(27)28-3)16-10-17(16)21(20)24/h5,9,13,16-17,19-21H,4,6-8,10,12H2,1-3H3/t13-,16-,17+,19?,20?,21?,23-,24+/m0/s1. The van der Waals surface area contributed by atoms with Gasteiger partial charge in [-0.3, -0.25) is 4.79 Å². The lowest BCUT2D eigenvalue weighted by atomic mass is 9.48. The topological polar surface area (TPSA) is 76.4 Å². The fourth-order valence-corrected chi connectivity index (χ4v) is 7.61. The van der Waals surface area contributed by atoms with E-state index < -0.39 is 6.16 Å². The molecule has 0 N–H and O–H groups in total. The molecule has 0 saturated heterocycles. The molecule has 5 nitrogen and oxygen atoms in total. The second-order valence-electron chi connectivity index (χ2n) is 10.3. The van der Waals surface area contributed by atoms with Crippen LogP contribution < -0.4 is 0 Å². The lowest BCUT2D eigenvalue weighted by molar-refractivity contribution is -0.115. The maximum atomic E-state index is 12.1. The zero-order valence-electron chi connectivity index (χ0n) is 17.4. The summed E-state index contributed by atoms with van der Waals surface area (Å²) in [5.74, 6) is 2.38. The first kappa shape index (κ1) is 18.9. The van der Waals surface area contributed by atoms with Crippen LogP contribution in [0.4, 0.5) is 4.79 Å². The molecule has 3 unspecified atom stereocenters. The summed E-state index contributed by atoms with van der Waals surface area (Å²) in [6.07, 6.45) is 7.94. The molecule has 3 fully saturated rings. The summed E-state index contributed by atoms with van der Waals surface area (Å²) in [5, 5.41) is 10.1. The van der Waals surface area contributed by atoms with E-state index in [1.807, 2.05) is 6.08 Å². The first-order chi connectivity index (χ1) is 13.8. The molecule has 5 heteroatoms. The molecule has 29 heavy (non-hydrogen) atoms. The van der Waals surface area contributed by atoms with Crippen molar-refractivity contribution in [3.63, 3.8) is 0 Å². The Labute approximate surface area is 172 Å². The average Bonchev–Trinajstić information content (AvgIpc) is 3.42. The Bertz CT molecular complexity index is 882. The van der Waals surface area contributed by atoms with Crippen LogP contribution in [0.25, 0.3) is 0 Å². The van der Waals surface area contributed by atoms with Crippen molar-refractivity contribution >= 4 is 11.9 Å². The molecule has 5 rings (SSSR count). The van der Waals surface area contributed by atoms with Crippen molar-refractivity contribution in [3.05, 3.63) is 23.3 Å². The Hall–Kier alpha value is -2.09. The summed E-state index contributed by atoms with van der Waals surface area (Å²) in [7, 11) is 1.34. The summed E-state index contributed by atoms with van der Waals surface area (Å²) < 4.78 is 10.1. The predicted molar refractivity (Wildman–Crippen MR) is 105 cm³/mol. The number of carbonyl (C=O) groups excluding carboxylic acids is 2. The highest BCUT2D eigenvalue weighted by molar-refractivity contribution is 5.92. The van der Waals surface area contributed by atoms with Crippen LogP contribution in [-0.2, 0) is 14.3 Å². The highest BCUT2D eigenvalue weighted by atomic mass is 16.7. The second kappa shape index (κ2) is 6.20. The summed E-state index contributed by atoms with van der Waals surface area (Å²) in [6.45, 7) is 5.04. The molecular weight excluding hydrogens is 366 g/mol. The summed E-state index contributed by atoms with van der Waals surface area (Å²) in [4.78, 5) is 23.6. The Morgan fingerprint density at radius 1 is 1.34 bits per heavy atom. The minimum absolute atomic E-state index is 0.0485. The van der Waals surface area contributed by atoms with Crippen molar-refractivity contribution in [2.24, 2.45) is 46.3 Å². The number of ketones is 1. The highest BCUT2D eigenvalue weighted by Crippen LogP contribution is 2.75. The van der Waals surface area contributed by atoms with Crippen LogP contribution in [-0.4, -0.2) is 25.7 Å². The molecule has 3 saturated carbocycles. The molecule has 0 radical (unpaired) electrons. The molecule has 0 amide bonds. The zero-order valence-corrected chi connectivity index (χ0v) is 17.4. The van der Waals surface area contributed by atoms with E-state index in [0.29, 0.717) is 43.1 Å². The van der Waals surface area contributed by atoms with Gasteiger partial charge in [-0.1, -0.05) is 31.1 Å². The van der Waals surface area contributed by atoms with Gasteiger partial charge in [0, 0.05) is 23.7 Å². The minimum Gasteiger partial charge on any atom is -0.438 e. The lowest BCUT2D eigenvalue weighted by Crippen LogP contribution is -2.49. The van der Waals surface area contributed by atoms with Crippen molar-refractivity contribution in [3.8, 4) is 6.07 Å². The van der Waals surface area contributed by atoms with Gasteiger partial charge in [0.15, 0.2) is 5.78 Å². The number of nitrogens with zero attached hydrogens (tertiary/aromatic N) is 1. The molecule has 0 spiro atoms. The third kappa shape index (κ3) is 2.50. The number of hydrogen-bond donors (Lipinski definition) is 0. The molecule has 5 aliphatic rings. The van der Waals surface area contributed by atoms with Gasteiger partial charge in [-0.15, -0.1) is 0 Å². The summed E-state index contributed by atoms with van der Waals surface area (Å²) in [5.41, 5.74) is 2.56. The fourth-order valence-electron chi connectivity index (χ4n) is 7.61. The molecule has 0 heterocycles. The van der Waals surface area contributed by atoms with Gasteiger partial charge in [0.2, 0.25) is 0 Å². The second-order valence-corrected chi connectivity index (χ2v) is 10.3. The molecule has 0 aromatic rings. The number of nitriles is 1. The smallest absolute Gasteiger partial charge is 0.438 e. The van der Waals surface area contributed by atoms with E-state index in [2.05, 4.69) is 30.7 Å². The number of methoxy groups -OCH3 is 1. The monoisotopic (exact) mass is 395 g/mol. The average molecular weight is 395 g/mol. The van der Waals surface area contributed by atoms with Crippen molar-refractivity contribution in [1.82, 2.24) is 0 Å². The third-order valence-corrected chi connectivity index (χ3v) is 9.12. The SMILES string of the molecule is COC(=O)OCC1[C@H]2C[C@H]2C2C3C(=CC[C@]12C)[C@@]1(C)CCC(=O)C=C1C[C@H]3C#N. The van der Waals surface area contributed by atoms with Crippen molar-refractivity contribution < 1.29 is 19.1 Å². The van der Waals surface area contributed by atoms with Gasteiger partial charge >= 0.3 is 6.16 Å². The van der Waals surface area contributed by atoms with E-state index in [1.165, 1.54) is 24.7 Å². The zero-order chi connectivity index (χ0) is 20.6. The Morgan fingerprint density at radius 3 is 2.86 bits per heavy atom. The highest BCUT2D eigenvalue weighted by Gasteiger charge is 2.70. The van der Waals surface area contributed by atoms with Crippen LogP contribution >= 0.6 is 0 Å². The number of allylic oxidation sites excluding steroid dienone is 4. The molecule has 154 valence electrons. The normalized spacial score (nSPS) is 46.8. The predicted octanol–water partition coefficient (Wildman–Crippen LogP) is 4.44. The third-order valence-electron chi connectivity index (χ3n) is 9.12. The van der Waals surface area contributed by atoms with Crippen molar-refractivity contribution in [1.29, 1.82) is 5.26 Å². The van der Waals surface area contributed by atoms with E-state index in [9.17, 15) is 14.9 Å². The fraction of sp³-hybridized carbons (Fsp3) is 0.708. The Balaban J connectivity index is 1.52. The van der Waals surface area contributed by atoms with Gasteiger partial charge < -0.3 is 9.47 Å². The number of fused-ring (bicyclic) bond motifs is 7. The van der Waals surface area contributed by atoms with Crippen molar-refractivity contribution in [2.45, 2.75) is 46.0 Å². The van der Waals surface area contributed by atoms with Crippen LogP contribution in [0, 0.1) is 57.7 Å². The summed E-state index contributed by atoms with van der Waals surface area (Å²) >= 11 is 0. The molecule has 0 aromatic carbocycles. The number of ether oxygens (including phenoxy) is 2. The van der Waals surface area contributed by atoms with E-state index >= 15 is 0 Å². The molecule has 0 aliphatic heterocycles. The molecule has 0 aromatic heterocycles. The minimum atomic E-state index is -0.608. The van der Waals surface area contributed by atoms with Gasteiger partial charge in [-0.2, -0.15) is 5.26 Å². The number of hydrogen-bond acceptors (Lipinski definition) is 5. The molecule has 8 atom stereocenters. The van der Waals surface area contributed by atoms with Gasteiger partial charge in [0.05, 0.1) is 25.7 Å². The molecular formula is C24H29NO4. The first-order valence-electron chi connectivity index (χ1n) is 10.9. The lowest BCUT2D eigenvalue weighted by Gasteiger charge is -2.55. The summed E-state index contributed by atoms with van der Waals surface area (Å²) in [6, 6.07) is 2.61. The van der Waals surface area contributed by atoms with Crippen LogP contribution in [0.1, 0.15) is 46.0 Å². The maximum Gasteiger partial charge on any atom is 0.507 e. The van der Waals surface area contributed by atoms with Gasteiger partial charge in [0.1, 0.15) is 0 Å². The van der Waals surface area contributed by atoms with Crippen LogP contribution in [0.15, 0.2) is 23.3 Å².